The van der Waals surface area contributed by atoms with Crippen LogP contribution in [0, 0.1) is 0 Å². The zero-order chi connectivity index (χ0) is 20.4. The van der Waals surface area contributed by atoms with E-state index in [0.29, 0.717) is 19.3 Å². The fraction of sp³-hybridized carbons (Fsp3) is 0.391. The second kappa shape index (κ2) is 8.11. The molecule has 0 aliphatic carbocycles. The Bertz CT molecular complexity index is 877. The van der Waals surface area contributed by atoms with Gasteiger partial charge in [-0.15, -0.1) is 0 Å². The van der Waals surface area contributed by atoms with Gasteiger partial charge in [0.1, 0.15) is 5.54 Å². The summed E-state index contributed by atoms with van der Waals surface area (Å²) in [6, 6.07) is 17.9. The van der Waals surface area contributed by atoms with Gasteiger partial charge in [-0.3, -0.25) is 9.59 Å². The minimum atomic E-state index is -0.776. The summed E-state index contributed by atoms with van der Waals surface area (Å²) in [7, 11) is 3.98. The van der Waals surface area contributed by atoms with E-state index in [2.05, 4.69) is 5.32 Å². The molecular weight excluding hydrogens is 382 g/mol. The number of rotatable bonds is 5. The fourth-order valence-electron chi connectivity index (χ4n) is 4.27. The molecule has 2 heterocycles. The third-order valence-corrected chi connectivity index (χ3v) is 6.96. The van der Waals surface area contributed by atoms with Gasteiger partial charge in [0.25, 0.3) is 0 Å². The monoisotopic (exact) mass is 409 g/mol. The number of nitrogens with zero attached hydrogens (tertiary/aromatic N) is 2. The van der Waals surface area contributed by atoms with Crippen LogP contribution in [0.5, 0.6) is 0 Å². The molecule has 29 heavy (non-hydrogen) atoms. The van der Waals surface area contributed by atoms with E-state index < -0.39 is 5.54 Å². The highest BCUT2D eigenvalue weighted by Crippen LogP contribution is 2.46. The molecule has 0 spiro atoms. The van der Waals surface area contributed by atoms with Crippen molar-refractivity contribution in [3.05, 3.63) is 60.2 Å². The number of likely N-dealkylation sites (tertiary alicyclic amines) is 1. The number of amides is 2. The number of nitrogens with one attached hydrogen (secondary N) is 1. The molecule has 5 nitrogen and oxygen atoms in total. The van der Waals surface area contributed by atoms with Gasteiger partial charge in [0.15, 0.2) is 0 Å². The predicted octanol–water partition coefficient (Wildman–Crippen LogP) is 3.93. The van der Waals surface area contributed by atoms with Crippen LogP contribution in [0.25, 0.3) is 0 Å². The molecule has 2 aliphatic rings. The Labute approximate surface area is 176 Å². The molecule has 0 saturated carbocycles. The topological polar surface area (TPSA) is 52.7 Å². The molecule has 2 saturated heterocycles. The minimum Gasteiger partial charge on any atom is -0.378 e. The van der Waals surface area contributed by atoms with Crippen molar-refractivity contribution in [3.8, 4) is 0 Å². The lowest BCUT2D eigenvalue weighted by molar-refractivity contribution is -0.164. The molecule has 1 N–H and O–H groups in total. The summed E-state index contributed by atoms with van der Waals surface area (Å²) in [6.45, 7) is 0. The molecule has 2 aromatic carbocycles. The molecule has 0 radical (unpaired) electrons. The number of thioether (sulfide) groups is 1. The Hall–Kier alpha value is -2.47. The first-order valence-electron chi connectivity index (χ1n) is 10.0. The number of carbonyl (C=O) groups excluding carboxylic acids is 2. The van der Waals surface area contributed by atoms with E-state index in [-0.39, 0.29) is 17.9 Å². The van der Waals surface area contributed by atoms with Gasteiger partial charge in [0.2, 0.25) is 11.8 Å². The van der Waals surface area contributed by atoms with Crippen LogP contribution in [-0.4, -0.2) is 47.9 Å². The Morgan fingerprint density at radius 2 is 1.72 bits per heavy atom. The van der Waals surface area contributed by atoms with Crippen molar-refractivity contribution in [1.29, 1.82) is 0 Å². The van der Waals surface area contributed by atoms with E-state index in [1.54, 1.807) is 0 Å². The molecule has 1 atom stereocenters. The number of hydrogen-bond acceptors (Lipinski definition) is 4. The molecule has 2 aromatic rings. The molecule has 152 valence electrons. The third-order valence-electron chi connectivity index (χ3n) is 5.98. The van der Waals surface area contributed by atoms with Gasteiger partial charge < -0.3 is 15.1 Å². The second-order valence-electron chi connectivity index (χ2n) is 7.93. The molecular formula is C23H27N3O2S. The smallest absolute Gasteiger partial charge is 0.250 e. The Kier molecular flexibility index (Phi) is 5.54. The molecule has 1 unspecified atom stereocenters. The SMILES string of the molecule is CN(C)c1ccc(NC(=O)C2(N3C(=O)CC3c3ccccc3)CCSCC2)cc1. The maximum Gasteiger partial charge on any atom is 0.250 e. The van der Waals surface area contributed by atoms with Gasteiger partial charge in [-0.1, -0.05) is 30.3 Å². The molecule has 4 rings (SSSR count). The second-order valence-corrected chi connectivity index (χ2v) is 9.16. The Morgan fingerprint density at radius 3 is 2.31 bits per heavy atom. The minimum absolute atomic E-state index is 0.0198. The summed E-state index contributed by atoms with van der Waals surface area (Å²) in [5.74, 6) is 1.78. The average molecular weight is 410 g/mol. The summed E-state index contributed by atoms with van der Waals surface area (Å²) in [4.78, 5) is 30.2. The summed E-state index contributed by atoms with van der Waals surface area (Å²) in [5, 5.41) is 3.10. The molecule has 2 amide bonds. The van der Waals surface area contributed by atoms with Gasteiger partial charge in [-0.2, -0.15) is 11.8 Å². The maximum atomic E-state index is 13.5. The van der Waals surface area contributed by atoms with Crippen LogP contribution in [0.1, 0.15) is 30.9 Å². The number of carbonyl (C=O) groups is 2. The van der Waals surface area contributed by atoms with Gasteiger partial charge in [0, 0.05) is 25.5 Å². The highest BCUT2D eigenvalue weighted by molar-refractivity contribution is 7.99. The molecule has 0 aromatic heterocycles. The van der Waals surface area contributed by atoms with Crippen LogP contribution >= 0.6 is 11.8 Å². The summed E-state index contributed by atoms with van der Waals surface area (Å²) in [5.41, 5.74) is 2.17. The molecule has 0 bridgehead atoms. The van der Waals surface area contributed by atoms with Crippen molar-refractivity contribution < 1.29 is 9.59 Å². The average Bonchev–Trinajstić information content (AvgIpc) is 2.73. The highest BCUT2D eigenvalue weighted by Gasteiger charge is 2.54. The lowest BCUT2D eigenvalue weighted by atomic mass is 9.80. The lowest BCUT2D eigenvalue weighted by Crippen LogP contribution is -2.66. The molecule has 2 aliphatic heterocycles. The number of β-lactam (4-membered cyclic amide) rings is 1. The lowest BCUT2D eigenvalue weighted by Gasteiger charge is -2.53. The van der Waals surface area contributed by atoms with Gasteiger partial charge in [-0.25, -0.2) is 0 Å². The Balaban J connectivity index is 1.60. The standard InChI is InChI=1S/C23H27N3O2S/c1-25(2)19-10-8-18(9-11-19)24-22(28)23(12-14-29-15-13-23)26-20(16-21(26)27)17-6-4-3-5-7-17/h3-11,20H,12-16H2,1-2H3,(H,24,28). The zero-order valence-corrected chi connectivity index (χ0v) is 17.7. The largest absolute Gasteiger partial charge is 0.378 e. The molecule has 2 fully saturated rings. The molecule has 6 heteroatoms. The van der Waals surface area contributed by atoms with E-state index >= 15 is 0 Å². The van der Waals surface area contributed by atoms with Crippen LogP contribution < -0.4 is 10.2 Å². The highest BCUT2D eigenvalue weighted by atomic mass is 32.2. The normalized spacial score (nSPS) is 20.7. The van der Waals surface area contributed by atoms with E-state index in [4.69, 9.17) is 0 Å². The van der Waals surface area contributed by atoms with Crippen molar-refractivity contribution in [2.45, 2.75) is 30.8 Å². The van der Waals surface area contributed by atoms with E-state index in [1.807, 2.05) is 90.3 Å². The van der Waals surface area contributed by atoms with Crippen LogP contribution in [0.3, 0.4) is 0 Å². The third kappa shape index (κ3) is 3.73. The van der Waals surface area contributed by atoms with Crippen molar-refractivity contribution >= 4 is 35.0 Å². The Morgan fingerprint density at radius 1 is 1.07 bits per heavy atom. The van der Waals surface area contributed by atoms with E-state index in [1.165, 1.54) is 0 Å². The quantitative estimate of drug-likeness (QED) is 0.761. The van der Waals surface area contributed by atoms with Crippen LogP contribution in [0.15, 0.2) is 54.6 Å². The van der Waals surface area contributed by atoms with Crippen LogP contribution in [0.4, 0.5) is 11.4 Å². The summed E-state index contributed by atoms with van der Waals surface area (Å²) >= 11 is 1.85. The zero-order valence-electron chi connectivity index (χ0n) is 16.9. The van der Waals surface area contributed by atoms with Gasteiger partial charge in [-0.05, 0) is 54.2 Å². The number of benzene rings is 2. The van der Waals surface area contributed by atoms with Gasteiger partial charge >= 0.3 is 0 Å². The van der Waals surface area contributed by atoms with Crippen molar-refractivity contribution in [1.82, 2.24) is 4.90 Å². The number of anilines is 2. The van der Waals surface area contributed by atoms with Crippen molar-refractivity contribution in [2.75, 3.05) is 35.8 Å². The first-order valence-corrected chi connectivity index (χ1v) is 11.2. The fourth-order valence-corrected chi connectivity index (χ4v) is 5.44. The predicted molar refractivity (Wildman–Crippen MR) is 119 cm³/mol. The number of hydrogen-bond donors (Lipinski definition) is 1. The van der Waals surface area contributed by atoms with Crippen molar-refractivity contribution in [3.63, 3.8) is 0 Å². The maximum absolute atomic E-state index is 13.5. The van der Waals surface area contributed by atoms with Gasteiger partial charge in [0.05, 0.1) is 12.5 Å². The van der Waals surface area contributed by atoms with E-state index in [0.717, 1.165) is 28.4 Å². The summed E-state index contributed by atoms with van der Waals surface area (Å²) in [6.07, 6.45) is 1.85. The summed E-state index contributed by atoms with van der Waals surface area (Å²) < 4.78 is 0. The first kappa shape index (κ1) is 19.8. The first-order chi connectivity index (χ1) is 14.0. The van der Waals surface area contributed by atoms with E-state index in [9.17, 15) is 9.59 Å². The van der Waals surface area contributed by atoms with Crippen LogP contribution in [0.2, 0.25) is 0 Å². The van der Waals surface area contributed by atoms with Crippen LogP contribution in [-0.2, 0) is 9.59 Å². The van der Waals surface area contributed by atoms with Crippen molar-refractivity contribution in [2.24, 2.45) is 0 Å².